The summed E-state index contributed by atoms with van der Waals surface area (Å²) < 4.78 is 0. The van der Waals surface area contributed by atoms with Gasteiger partial charge in [-0.05, 0) is 67.5 Å². The van der Waals surface area contributed by atoms with Crippen molar-refractivity contribution in [2.45, 2.75) is 38.5 Å². The highest BCUT2D eigenvalue weighted by molar-refractivity contribution is 5.94. The molecule has 2 atom stereocenters. The van der Waals surface area contributed by atoms with Gasteiger partial charge in [0, 0.05) is 18.5 Å². The zero-order chi connectivity index (χ0) is 19.9. The number of nitrogens with one attached hydrogen (secondary N) is 2. The number of nitrogen functional groups attached to an aromatic ring is 1. The zero-order valence-corrected chi connectivity index (χ0v) is 15.9. The van der Waals surface area contributed by atoms with E-state index in [-0.39, 0.29) is 29.4 Å². The molecule has 0 radical (unpaired) electrons. The number of hydrogen-bond donors (Lipinski definition) is 4. The van der Waals surface area contributed by atoms with Gasteiger partial charge in [0.1, 0.15) is 5.75 Å². The number of para-hydroxylation sites is 2. The summed E-state index contributed by atoms with van der Waals surface area (Å²) in [5.41, 5.74) is 7.76. The van der Waals surface area contributed by atoms with Crippen molar-refractivity contribution in [1.29, 1.82) is 0 Å². The van der Waals surface area contributed by atoms with E-state index < -0.39 is 0 Å². The molecule has 2 unspecified atom stereocenters. The molecule has 2 amide bonds. The molecule has 1 aliphatic rings. The van der Waals surface area contributed by atoms with E-state index in [0.29, 0.717) is 29.9 Å². The summed E-state index contributed by atoms with van der Waals surface area (Å²) in [6.07, 6.45) is 4.82. The van der Waals surface area contributed by atoms with Crippen molar-refractivity contribution < 1.29 is 14.7 Å². The minimum atomic E-state index is -0.0305. The molecule has 2 aromatic carbocycles. The third-order valence-corrected chi connectivity index (χ3v) is 5.23. The number of rotatable bonds is 6. The van der Waals surface area contributed by atoms with Crippen LogP contribution in [-0.2, 0) is 9.59 Å². The summed E-state index contributed by atoms with van der Waals surface area (Å²) in [6, 6.07) is 13.7. The second kappa shape index (κ2) is 9.26. The number of anilines is 3. The molecule has 5 N–H and O–H groups in total. The van der Waals surface area contributed by atoms with Crippen molar-refractivity contribution in [1.82, 2.24) is 0 Å². The van der Waals surface area contributed by atoms with Crippen LogP contribution in [0, 0.1) is 11.8 Å². The van der Waals surface area contributed by atoms with Crippen LogP contribution >= 0.6 is 0 Å². The molecule has 0 aliphatic heterocycles. The molecule has 0 bridgehead atoms. The zero-order valence-electron chi connectivity index (χ0n) is 15.9. The van der Waals surface area contributed by atoms with Crippen molar-refractivity contribution in [2.75, 3.05) is 16.4 Å². The van der Waals surface area contributed by atoms with Crippen LogP contribution in [0.15, 0.2) is 48.5 Å². The van der Waals surface area contributed by atoms with E-state index in [1.54, 1.807) is 36.4 Å². The van der Waals surface area contributed by atoms with Gasteiger partial charge in [-0.1, -0.05) is 18.6 Å². The van der Waals surface area contributed by atoms with Crippen LogP contribution in [0.3, 0.4) is 0 Å². The normalized spacial score (nSPS) is 19.0. The lowest BCUT2D eigenvalue weighted by molar-refractivity contribution is -0.117. The summed E-state index contributed by atoms with van der Waals surface area (Å²) in [4.78, 5) is 24.7. The highest BCUT2D eigenvalue weighted by atomic mass is 16.3. The van der Waals surface area contributed by atoms with Crippen LogP contribution in [0.1, 0.15) is 38.5 Å². The minimum absolute atomic E-state index is 0.0298. The average Bonchev–Trinajstić information content (AvgIpc) is 2.66. The van der Waals surface area contributed by atoms with Gasteiger partial charge in [-0.25, -0.2) is 0 Å². The first kappa shape index (κ1) is 19.7. The van der Waals surface area contributed by atoms with E-state index in [4.69, 9.17) is 5.73 Å². The number of benzene rings is 2. The van der Waals surface area contributed by atoms with E-state index >= 15 is 0 Å². The van der Waals surface area contributed by atoms with Crippen molar-refractivity contribution in [3.63, 3.8) is 0 Å². The van der Waals surface area contributed by atoms with Crippen molar-refractivity contribution in [2.24, 2.45) is 11.8 Å². The molecule has 0 heterocycles. The maximum absolute atomic E-state index is 12.4. The topological polar surface area (TPSA) is 104 Å². The molecule has 28 heavy (non-hydrogen) atoms. The van der Waals surface area contributed by atoms with Crippen molar-refractivity contribution in [3.05, 3.63) is 48.5 Å². The number of phenols is 1. The van der Waals surface area contributed by atoms with Crippen molar-refractivity contribution >= 4 is 28.9 Å². The van der Waals surface area contributed by atoms with Crippen LogP contribution in [0.4, 0.5) is 17.1 Å². The largest absolute Gasteiger partial charge is 0.508 e. The number of amides is 2. The molecule has 0 saturated heterocycles. The molecule has 1 aliphatic carbocycles. The van der Waals surface area contributed by atoms with E-state index in [1.807, 2.05) is 12.1 Å². The molecule has 3 rings (SSSR count). The van der Waals surface area contributed by atoms with E-state index in [2.05, 4.69) is 10.6 Å². The molecule has 148 valence electrons. The first-order valence-corrected chi connectivity index (χ1v) is 9.73. The Balaban J connectivity index is 1.46. The Labute approximate surface area is 165 Å². The number of carbonyl (C=O) groups is 2. The predicted molar refractivity (Wildman–Crippen MR) is 111 cm³/mol. The molecule has 2 aromatic rings. The third kappa shape index (κ3) is 5.74. The van der Waals surface area contributed by atoms with Crippen LogP contribution in [0.5, 0.6) is 5.75 Å². The van der Waals surface area contributed by atoms with Gasteiger partial charge < -0.3 is 21.5 Å². The molecular formula is C22H27N3O3. The maximum atomic E-state index is 12.4. The molecule has 1 saturated carbocycles. The quantitative estimate of drug-likeness (QED) is 0.446. The second-order valence-corrected chi connectivity index (χ2v) is 7.54. The first-order chi connectivity index (χ1) is 13.5. The summed E-state index contributed by atoms with van der Waals surface area (Å²) in [5, 5.41) is 15.1. The SMILES string of the molecule is Nc1ccccc1NC(=O)CC1CCCC(CC(=O)Nc2ccc(O)cc2)C1. The van der Waals surface area contributed by atoms with E-state index in [1.165, 1.54) is 0 Å². The number of nitrogens with two attached hydrogens (primary N) is 1. The van der Waals surface area contributed by atoms with Gasteiger partial charge in [-0.2, -0.15) is 0 Å². The van der Waals surface area contributed by atoms with Gasteiger partial charge >= 0.3 is 0 Å². The fraction of sp³-hybridized carbons (Fsp3) is 0.364. The highest BCUT2D eigenvalue weighted by Crippen LogP contribution is 2.33. The van der Waals surface area contributed by atoms with Crippen LogP contribution in [0.2, 0.25) is 0 Å². The molecular weight excluding hydrogens is 354 g/mol. The minimum Gasteiger partial charge on any atom is -0.508 e. The summed E-state index contributed by atoms with van der Waals surface area (Å²) >= 11 is 0. The van der Waals surface area contributed by atoms with Crippen LogP contribution in [0.25, 0.3) is 0 Å². The smallest absolute Gasteiger partial charge is 0.224 e. The Morgan fingerprint density at radius 2 is 1.54 bits per heavy atom. The monoisotopic (exact) mass is 381 g/mol. The standard InChI is InChI=1S/C22H27N3O3/c23-19-6-1-2-7-20(19)25-22(28)14-16-5-3-4-15(12-16)13-21(27)24-17-8-10-18(26)11-9-17/h1-2,6-11,15-16,26H,3-5,12-14,23H2,(H,24,27)(H,25,28). The van der Waals surface area contributed by atoms with Gasteiger partial charge in [0.15, 0.2) is 0 Å². The Bertz CT molecular complexity index is 820. The van der Waals surface area contributed by atoms with Crippen LogP contribution < -0.4 is 16.4 Å². The number of carbonyl (C=O) groups excluding carboxylic acids is 2. The van der Waals surface area contributed by atoms with E-state index in [9.17, 15) is 14.7 Å². The Morgan fingerprint density at radius 1 is 0.929 bits per heavy atom. The summed E-state index contributed by atoms with van der Waals surface area (Å²) in [7, 11) is 0. The van der Waals surface area contributed by atoms with Crippen molar-refractivity contribution in [3.8, 4) is 5.75 Å². The number of hydrogen-bond acceptors (Lipinski definition) is 4. The molecule has 6 nitrogen and oxygen atoms in total. The molecule has 1 fully saturated rings. The Morgan fingerprint density at radius 3 is 2.18 bits per heavy atom. The number of aromatic hydroxyl groups is 1. The predicted octanol–water partition coefficient (Wildman–Crippen LogP) is 4.14. The van der Waals surface area contributed by atoms with Gasteiger partial charge in [0.25, 0.3) is 0 Å². The van der Waals surface area contributed by atoms with Gasteiger partial charge in [0.2, 0.25) is 11.8 Å². The molecule has 6 heteroatoms. The van der Waals surface area contributed by atoms with Gasteiger partial charge in [0.05, 0.1) is 11.4 Å². The lowest BCUT2D eigenvalue weighted by Gasteiger charge is -2.28. The lowest BCUT2D eigenvalue weighted by atomic mass is 9.78. The number of phenolic OH excluding ortho intramolecular Hbond substituents is 1. The maximum Gasteiger partial charge on any atom is 0.224 e. The highest BCUT2D eigenvalue weighted by Gasteiger charge is 2.25. The van der Waals surface area contributed by atoms with Gasteiger partial charge in [-0.15, -0.1) is 0 Å². The average molecular weight is 381 g/mol. The van der Waals surface area contributed by atoms with E-state index in [0.717, 1.165) is 25.7 Å². The third-order valence-electron chi connectivity index (χ3n) is 5.23. The fourth-order valence-electron chi connectivity index (χ4n) is 3.87. The van der Waals surface area contributed by atoms with Gasteiger partial charge in [-0.3, -0.25) is 9.59 Å². The Kier molecular flexibility index (Phi) is 6.53. The summed E-state index contributed by atoms with van der Waals surface area (Å²) in [6.45, 7) is 0. The molecule has 0 aromatic heterocycles. The second-order valence-electron chi connectivity index (χ2n) is 7.54. The summed E-state index contributed by atoms with van der Waals surface area (Å²) in [5.74, 6) is 0.675. The first-order valence-electron chi connectivity index (χ1n) is 9.73. The fourth-order valence-corrected chi connectivity index (χ4v) is 3.87. The Hall–Kier alpha value is -3.02. The lowest BCUT2D eigenvalue weighted by Crippen LogP contribution is -2.25. The van der Waals surface area contributed by atoms with Crippen LogP contribution in [-0.4, -0.2) is 16.9 Å². The molecule has 0 spiro atoms.